The molecule has 1 unspecified atom stereocenters. The second-order valence-electron chi connectivity index (χ2n) is 13.5. The number of hydrogen-bond acceptors (Lipinski definition) is 6. The molecule has 0 aromatic heterocycles. The smallest absolute Gasteiger partial charge is 0.306 e. The van der Waals surface area contributed by atoms with Crippen LogP contribution in [0.25, 0.3) is 0 Å². The van der Waals surface area contributed by atoms with E-state index < -0.39 is 6.10 Å². The number of carbonyl (C=O) groups excluding carboxylic acids is 3. The number of allylic oxidation sites excluding steroid dienone is 8. The molecule has 0 saturated carbocycles. The Bertz CT molecular complexity index is 902. The summed E-state index contributed by atoms with van der Waals surface area (Å²) in [6.07, 6.45) is 44.1. The minimum atomic E-state index is -0.773. The van der Waals surface area contributed by atoms with Crippen molar-refractivity contribution in [2.24, 2.45) is 0 Å². The molecule has 6 heteroatoms. The van der Waals surface area contributed by atoms with Crippen molar-refractivity contribution in [1.82, 2.24) is 0 Å². The van der Waals surface area contributed by atoms with Crippen LogP contribution in [0.2, 0.25) is 0 Å². The first-order valence-corrected chi connectivity index (χ1v) is 20.6. The zero-order valence-electron chi connectivity index (χ0n) is 32.7. The van der Waals surface area contributed by atoms with Crippen LogP contribution in [0.5, 0.6) is 0 Å². The van der Waals surface area contributed by atoms with Crippen LogP contribution in [-0.2, 0) is 28.6 Å². The van der Waals surface area contributed by atoms with Crippen molar-refractivity contribution in [2.75, 3.05) is 13.2 Å². The minimum Gasteiger partial charge on any atom is -0.462 e. The summed E-state index contributed by atoms with van der Waals surface area (Å²) in [6.45, 7) is 6.34. The second kappa shape index (κ2) is 39.2. The van der Waals surface area contributed by atoms with Gasteiger partial charge in [-0.2, -0.15) is 0 Å². The van der Waals surface area contributed by atoms with E-state index in [-0.39, 0.29) is 31.1 Å². The molecule has 0 rings (SSSR count). The Balaban J connectivity index is 4.24. The van der Waals surface area contributed by atoms with E-state index >= 15 is 0 Å². The van der Waals surface area contributed by atoms with Gasteiger partial charge in [0, 0.05) is 19.3 Å². The molecule has 0 aliphatic carbocycles. The summed E-state index contributed by atoms with van der Waals surface area (Å²) < 4.78 is 16.5. The van der Waals surface area contributed by atoms with E-state index in [4.69, 9.17) is 14.2 Å². The molecule has 0 radical (unpaired) electrons. The van der Waals surface area contributed by atoms with Gasteiger partial charge in [-0.3, -0.25) is 14.4 Å². The van der Waals surface area contributed by atoms with Crippen LogP contribution in [0.4, 0.5) is 0 Å². The predicted octanol–water partition coefficient (Wildman–Crippen LogP) is 12.8. The van der Waals surface area contributed by atoms with Crippen LogP contribution in [-0.4, -0.2) is 37.2 Å². The molecule has 288 valence electrons. The lowest BCUT2D eigenvalue weighted by Gasteiger charge is -2.18. The summed E-state index contributed by atoms with van der Waals surface area (Å²) >= 11 is 0. The molecule has 0 amide bonds. The summed E-state index contributed by atoms with van der Waals surface area (Å²) in [5, 5.41) is 0. The Morgan fingerprint density at radius 1 is 0.420 bits per heavy atom. The molecule has 0 aliphatic heterocycles. The lowest BCUT2D eigenvalue weighted by Crippen LogP contribution is -2.30. The van der Waals surface area contributed by atoms with Gasteiger partial charge in [0.15, 0.2) is 6.10 Å². The van der Waals surface area contributed by atoms with Gasteiger partial charge in [-0.1, -0.05) is 153 Å². The maximum Gasteiger partial charge on any atom is 0.306 e. The summed E-state index contributed by atoms with van der Waals surface area (Å²) in [7, 11) is 0. The van der Waals surface area contributed by atoms with Crippen molar-refractivity contribution >= 4 is 17.9 Å². The van der Waals surface area contributed by atoms with E-state index in [0.29, 0.717) is 19.3 Å². The molecule has 1 atom stereocenters. The zero-order valence-corrected chi connectivity index (χ0v) is 32.7. The average molecular weight is 701 g/mol. The zero-order chi connectivity index (χ0) is 36.6. The molecule has 0 spiro atoms. The molecule has 0 aromatic carbocycles. The fraction of sp³-hybridized carbons (Fsp3) is 0.750. The van der Waals surface area contributed by atoms with Crippen LogP contribution in [0.15, 0.2) is 48.6 Å². The van der Waals surface area contributed by atoms with E-state index in [1.165, 1.54) is 44.9 Å². The Morgan fingerprint density at radius 2 is 0.820 bits per heavy atom. The van der Waals surface area contributed by atoms with Gasteiger partial charge >= 0.3 is 17.9 Å². The summed E-state index contributed by atoms with van der Waals surface area (Å²) in [6, 6.07) is 0. The fourth-order valence-corrected chi connectivity index (χ4v) is 5.46. The number of unbranched alkanes of at least 4 members (excludes halogenated alkanes) is 17. The SMILES string of the molecule is CC/C=C\C/C=C\C/C=C\CCCCCCCCCC(=O)OCC(COC(=O)CCCCCCC)OC(=O)CCCCCCC/C=C\CCC. The summed E-state index contributed by atoms with van der Waals surface area (Å²) in [5.74, 6) is -0.922. The van der Waals surface area contributed by atoms with Crippen molar-refractivity contribution in [2.45, 2.75) is 200 Å². The number of ether oxygens (including phenoxy) is 3. The van der Waals surface area contributed by atoms with Crippen molar-refractivity contribution < 1.29 is 28.6 Å². The van der Waals surface area contributed by atoms with Crippen molar-refractivity contribution in [3.8, 4) is 0 Å². The largest absolute Gasteiger partial charge is 0.462 e. The van der Waals surface area contributed by atoms with Gasteiger partial charge in [0.2, 0.25) is 0 Å². The average Bonchev–Trinajstić information content (AvgIpc) is 3.11. The number of hydrogen-bond donors (Lipinski definition) is 0. The minimum absolute atomic E-state index is 0.0812. The molecule has 0 aromatic rings. The van der Waals surface area contributed by atoms with E-state index in [9.17, 15) is 14.4 Å². The molecular weight excluding hydrogens is 624 g/mol. The number of carbonyl (C=O) groups is 3. The van der Waals surface area contributed by atoms with E-state index in [0.717, 1.165) is 109 Å². The first kappa shape index (κ1) is 47.4. The Morgan fingerprint density at radius 3 is 1.32 bits per heavy atom. The molecule has 0 heterocycles. The molecule has 0 saturated heterocycles. The lowest BCUT2D eigenvalue weighted by atomic mass is 10.1. The Labute approximate surface area is 307 Å². The molecular formula is C44H76O6. The molecule has 50 heavy (non-hydrogen) atoms. The van der Waals surface area contributed by atoms with Crippen LogP contribution < -0.4 is 0 Å². The maximum atomic E-state index is 12.6. The van der Waals surface area contributed by atoms with Gasteiger partial charge in [-0.25, -0.2) is 0 Å². The van der Waals surface area contributed by atoms with Crippen LogP contribution in [0.3, 0.4) is 0 Å². The quantitative estimate of drug-likeness (QED) is 0.0280. The number of esters is 3. The normalized spacial score (nSPS) is 12.5. The first-order chi connectivity index (χ1) is 24.5. The first-order valence-electron chi connectivity index (χ1n) is 20.6. The Kier molecular flexibility index (Phi) is 37.1. The lowest BCUT2D eigenvalue weighted by molar-refractivity contribution is -0.167. The van der Waals surface area contributed by atoms with Crippen molar-refractivity contribution in [3.63, 3.8) is 0 Å². The van der Waals surface area contributed by atoms with Gasteiger partial charge < -0.3 is 14.2 Å². The molecule has 6 nitrogen and oxygen atoms in total. The highest BCUT2D eigenvalue weighted by atomic mass is 16.6. The van der Waals surface area contributed by atoms with E-state index in [1.54, 1.807) is 0 Å². The third-order valence-corrected chi connectivity index (χ3v) is 8.55. The monoisotopic (exact) mass is 701 g/mol. The molecule has 0 aliphatic rings. The highest BCUT2D eigenvalue weighted by Crippen LogP contribution is 2.13. The third-order valence-electron chi connectivity index (χ3n) is 8.55. The highest BCUT2D eigenvalue weighted by molar-refractivity contribution is 5.71. The van der Waals surface area contributed by atoms with Crippen molar-refractivity contribution in [3.05, 3.63) is 48.6 Å². The highest BCUT2D eigenvalue weighted by Gasteiger charge is 2.19. The predicted molar refractivity (Wildman–Crippen MR) is 210 cm³/mol. The maximum absolute atomic E-state index is 12.6. The van der Waals surface area contributed by atoms with Gasteiger partial charge in [-0.05, 0) is 70.6 Å². The van der Waals surface area contributed by atoms with E-state index in [1.807, 2.05) is 0 Å². The topological polar surface area (TPSA) is 78.9 Å². The van der Waals surface area contributed by atoms with Crippen LogP contribution >= 0.6 is 0 Å². The van der Waals surface area contributed by atoms with Gasteiger partial charge in [0.05, 0.1) is 0 Å². The number of rotatable bonds is 36. The summed E-state index contributed by atoms with van der Waals surface area (Å²) in [5.41, 5.74) is 0. The Hall–Kier alpha value is -2.63. The van der Waals surface area contributed by atoms with Crippen LogP contribution in [0, 0.1) is 0 Å². The van der Waals surface area contributed by atoms with Gasteiger partial charge in [0.1, 0.15) is 13.2 Å². The van der Waals surface area contributed by atoms with Crippen LogP contribution in [0.1, 0.15) is 194 Å². The molecule has 0 bridgehead atoms. The molecule has 0 N–H and O–H groups in total. The third kappa shape index (κ3) is 36.6. The summed E-state index contributed by atoms with van der Waals surface area (Å²) in [4.78, 5) is 37.3. The van der Waals surface area contributed by atoms with E-state index in [2.05, 4.69) is 69.4 Å². The standard InChI is InChI=1S/C44H76O6/c1-4-7-10-13-15-17-19-20-21-22-23-24-25-27-28-31-34-37-43(46)49-40-41(39-48-42(45)36-33-30-12-9-6-3)50-44(47)38-35-32-29-26-18-16-14-11-8-5-2/h7,10-11,14-15,17,20-21,41H,4-6,8-9,12-13,16,18-19,22-40H2,1-3H3/b10-7-,14-11-,17-15-,21-20-. The van der Waals surface area contributed by atoms with Crippen molar-refractivity contribution in [1.29, 1.82) is 0 Å². The van der Waals surface area contributed by atoms with Gasteiger partial charge in [-0.15, -0.1) is 0 Å². The fourth-order valence-electron chi connectivity index (χ4n) is 5.46. The van der Waals surface area contributed by atoms with Gasteiger partial charge in [0.25, 0.3) is 0 Å². The molecule has 0 fully saturated rings. The second-order valence-corrected chi connectivity index (χ2v) is 13.5.